The van der Waals surface area contributed by atoms with E-state index in [2.05, 4.69) is 0 Å². The van der Waals surface area contributed by atoms with Gasteiger partial charge in [0, 0.05) is 18.3 Å². The summed E-state index contributed by atoms with van der Waals surface area (Å²) in [5.74, 6) is 0.551. The number of sulfonamides is 1. The SMILES string of the molecule is Cc1ccc(N)c(C)c1S(=O)(=O)N1CCC2CCCCC21. The van der Waals surface area contributed by atoms with Crippen molar-refractivity contribution < 1.29 is 8.42 Å². The number of aryl methyl sites for hydroxylation is 1. The molecule has 1 aromatic rings. The number of nitrogens with two attached hydrogens (primary N) is 1. The number of anilines is 1. The molecule has 0 amide bonds. The Bertz CT molecular complexity index is 654. The quantitative estimate of drug-likeness (QED) is 0.855. The summed E-state index contributed by atoms with van der Waals surface area (Å²) in [4.78, 5) is 0.425. The molecular formula is C16H24N2O2S. The monoisotopic (exact) mass is 308 g/mol. The normalized spacial score (nSPS) is 26.8. The maximum absolute atomic E-state index is 13.2. The van der Waals surface area contributed by atoms with Gasteiger partial charge in [-0.25, -0.2) is 8.42 Å². The summed E-state index contributed by atoms with van der Waals surface area (Å²) in [7, 11) is -3.44. The summed E-state index contributed by atoms with van der Waals surface area (Å²) >= 11 is 0. The molecule has 0 radical (unpaired) electrons. The van der Waals surface area contributed by atoms with E-state index < -0.39 is 10.0 Å². The second-order valence-electron chi connectivity index (χ2n) is 6.44. The Kier molecular flexibility index (Phi) is 3.74. The van der Waals surface area contributed by atoms with Crippen LogP contribution in [0, 0.1) is 19.8 Å². The molecule has 1 aliphatic heterocycles. The molecule has 1 aromatic carbocycles. The largest absolute Gasteiger partial charge is 0.398 e. The Morgan fingerprint density at radius 3 is 2.62 bits per heavy atom. The molecule has 0 aromatic heterocycles. The summed E-state index contributed by atoms with van der Waals surface area (Å²) in [6, 6.07) is 3.80. The molecule has 2 fully saturated rings. The predicted octanol–water partition coefficient (Wildman–Crippen LogP) is 2.84. The van der Waals surface area contributed by atoms with Gasteiger partial charge in [-0.15, -0.1) is 0 Å². The predicted molar refractivity (Wildman–Crippen MR) is 84.6 cm³/mol. The molecule has 0 spiro atoms. The van der Waals surface area contributed by atoms with Gasteiger partial charge in [0.1, 0.15) is 0 Å². The molecule has 21 heavy (non-hydrogen) atoms. The summed E-state index contributed by atoms with van der Waals surface area (Å²) in [5.41, 5.74) is 7.97. The van der Waals surface area contributed by atoms with Gasteiger partial charge in [-0.2, -0.15) is 4.31 Å². The lowest BCUT2D eigenvalue weighted by Crippen LogP contribution is -2.39. The Hall–Kier alpha value is -1.07. The van der Waals surface area contributed by atoms with Gasteiger partial charge >= 0.3 is 0 Å². The number of hydrogen-bond acceptors (Lipinski definition) is 3. The van der Waals surface area contributed by atoms with Crippen molar-refractivity contribution >= 4 is 15.7 Å². The highest BCUT2D eigenvalue weighted by atomic mass is 32.2. The molecule has 1 saturated carbocycles. The van der Waals surface area contributed by atoms with Gasteiger partial charge in [-0.05, 0) is 56.2 Å². The minimum atomic E-state index is -3.44. The molecule has 1 heterocycles. The van der Waals surface area contributed by atoms with Gasteiger partial charge in [0.2, 0.25) is 10.0 Å². The topological polar surface area (TPSA) is 63.4 Å². The van der Waals surface area contributed by atoms with E-state index in [1.165, 1.54) is 12.8 Å². The third-order valence-corrected chi connectivity index (χ3v) is 7.39. The van der Waals surface area contributed by atoms with Gasteiger partial charge in [0.05, 0.1) is 4.90 Å². The Labute approximate surface area is 127 Å². The zero-order valence-electron chi connectivity index (χ0n) is 12.8. The molecule has 1 aliphatic carbocycles. The van der Waals surface area contributed by atoms with Crippen LogP contribution in [-0.4, -0.2) is 25.3 Å². The third kappa shape index (κ3) is 2.36. The van der Waals surface area contributed by atoms with Crippen molar-refractivity contribution in [3.05, 3.63) is 23.3 Å². The van der Waals surface area contributed by atoms with Crippen LogP contribution >= 0.6 is 0 Å². The van der Waals surface area contributed by atoms with Crippen molar-refractivity contribution in [3.63, 3.8) is 0 Å². The van der Waals surface area contributed by atoms with Gasteiger partial charge in [-0.1, -0.05) is 18.9 Å². The van der Waals surface area contributed by atoms with E-state index in [0.29, 0.717) is 28.6 Å². The Morgan fingerprint density at radius 1 is 1.14 bits per heavy atom. The number of benzene rings is 1. The van der Waals surface area contributed by atoms with Crippen molar-refractivity contribution in [1.29, 1.82) is 0 Å². The zero-order valence-corrected chi connectivity index (χ0v) is 13.6. The molecule has 116 valence electrons. The van der Waals surface area contributed by atoms with Crippen LogP contribution in [0.5, 0.6) is 0 Å². The van der Waals surface area contributed by atoms with Crippen LogP contribution in [0.2, 0.25) is 0 Å². The highest BCUT2D eigenvalue weighted by Gasteiger charge is 2.43. The van der Waals surface area contributed by atoms with Crippen molar-refractivity contribution in [3.8, 4) is 0 Å². The molecule has 3 rings (SSSR count). The van der Waals surface area contributed by atoms with Gasteiger partial charge in [0.15, 0.2) is 0 Å². The first kappa shape index (κ1) is 14.9. The van der Waals surface area contributed by atoms with Crippen molar-refractivity contribution in [2.75, 3.05) is 12.3 Å². The second-order valence-corrected chi connectivity index (χ2v) is 8.27. The van der Waals surface area contributed by atoms with Crippen LogP contribution in [0.25, 0.3) is 0 Å². The standard InChI is InChI=1S/C16H24N2O2S/c1-11-7-8-14(17)12(2)16(11)21(19,20)18-10-9-13-5-3-4-6-15(13)18/h7-8,13,15H,3-6,9-10,17H2,1-2H3. The Morgan fingerprint density at radius 2 is 1.86 bits per heavy atom. The minimum absolute atomic E-state index is 0.198. The van der Waals surface area contributed by atoms with Crippen molar-refractivity contribution in [1.82, 2.24) is 4.31 Å². The van der Waals surface area contributed by atoms with Gasteiger partial charge in [0.25, 0.3) is 0 Å². The lowest BCUT2D eigenvalue weighted by atomic mass is 9.86. The van der Waals surface area contributed by atoms with Crippen molar-refractivity contribution in [2.45, 2.75) is 56.9 Å². The van der Waals surface area contributed by atoms with Crippen LogP contribution in [-0.2, 0) is 10.0 Å². The van der Waals surface area contributed by atoms with Crippen LogP contribution in [0.4, 0.5) is 5.69 Å². The molecule has 1 saturated heterocycles. The molecule has 0 bridgehead atoms. The number of fused-ring (bicyclic) bond motifs is 1. The summed E-state index contributed by atoms with van der Waals surface area (Å²) in [6.07, 6.45) is 5.56. The molecule has 2 atom stereocenters. The number of rotatable bonds is 2. The molecular weight excluding hydrogens is 284 g/mol. The highest BCUT2D eigenvalue weighted by Crippen LogP contribution is 2.40. The minimum Gasteiger partial charge on any atom is -0.398 e. The number of nitrogens with zero attached hydrogens (tertiary/aromatic N) is 1. The lowest BCUT2D eigenvalue weighted by Gasteiger charge is -2.31. The summed E-state index contributed by atoms with van der Waals surface area (Å²) < 4.78 is 28.1. The van der Waals surface area contributed by atoms with Crippen LogP contribution in [0.3, 0.4) is 0 Å². The first-order chi connectivity index (χ1) is 9.93. The molecule has 2 unspecified atom stereocenters. The lowest BCUT2D eigenvalue weighted by molar-refractivity contribution is 0.260. The van der Waals surface area contributed by atoms with E-state index in [4.69, 9.17) is 5.73 Å². The first-order valence-corrected chi connectivity index (χ1v) is 9.24. The van der Waals surface area contributed by atoms with E-state index in [-0.39, 0.29) is 6.04 Å². The molecule has 4 nitrogen and oxygen atoms in total. The smallest absolute Gasteiger partial charge is 0.243 e. The van der Waals surface area contributed by atoms with E-state index in [1.54, 1.807) is 10.4 Å². The van der Waals surface area contributed by atoms with E-state index in [9.17, 15) is 8.42 Å². The van der Waals surface area contributed by atoms with E-state index >= 15 is 0 Å². The van der Waals surface area contributed by atoms with E-state index in [0.717, 1.165) is 24.8 Å². The maximum Gasteiger partial charge on any atom is 0.243 e. The fourth-order valence-corrected chi connectivity index (χ4v) is 6.21. The molecule has 2 aliphatic rings. The first-order valence-electron chi connectivity index (χ1n) is 7.80. The summed E-state index contributed by atoms with van der Waals surface area (Å²) in [5, 5.41) is 0. The molecule has 5 heteroatoms. The highest BCUT2D eigenvalue weighted by molar-refractivity contribution is 7.89. The van der Waals surface area contributed by atoms with Crippen LogP contribution < -0.4 is 5.73 Å². The third-order valence-electron chi connectivity index (χ3n) is 5.17. The number of nitrogen functional groups attached to an aromatic ring is 1. The second kappa shape index (κ2) is 5.29. The van der Waals surface area contributed by atoms with Gasteiger partial charge in [-0.3, -0.25) is 0 Å². The van der Waals surface area contributed by atoms with Gasteiger partial charge < -0.3 is 5.73 Å². The fourth-order valence-electron chi connectivity index (χ4n) is 4.02. The average Bonchev–Trinajstić information content (AvgIpc) is 2.88. The zero-order chi connectivity index (χ0) is 15.2. The average molecular weight is 308 g/mol. The van der Waals surface area contributed by atoms with E-state index in [1.807, 2.05) is 19.9 Å². The van der Waals surface area contributed by atoms with Crippen molar-refractivity contribution in [2.24, 2.45) is 5.92 Å². The number of hydrogen-bond donors (Lipinski definition) is 1. The Balaban J connectivity index is 2.04. The summed E-state index contributed by atoms with van der Waals surface area (Å²) in [6.45, 7) is 4.32. The fraction of sp³-hybridized carbons (Fsp3) is 0.625. The van der Waals surface area contributed by atoms with Crippen LogP contribution in [0.15, 0.2) is 17.0 Å². The molecule has 2 N–H and O–H groups in total. The van der Waals surface area contributed by atoms with Crippen LogP contribution in [0.1, 0.15) is 43.2 Å². The maximum atomic E-state index is 13.2.